The highest BCUT2D eigenvalue weighted by molar-refractivity contribution is 7.99. The van der Waals surface area contributed by atoms with E-state index in [1.807, 2.05) is 29.6 Å². The molecule has 1 aliphatic rings. The first-order valence-electron chi connectivity index (χ1n) is 8.75. The van der Waals surface area contributed by atoms with Gasteiger partial charge in [-0.2, -0.15) is 0 Å². The zero-order valence-electron chi connectivity index (χ0n) is 14.5. The van der Waals surface area contributed by atoms with Crippen LogP contribution >= 0.6 is 23.1 Å². The number of thioether (sulfide) groups is 1. The number of rotatable bonds is 7. The first kappa shape index (κ1) is 17.3. The molecule has 2 heterocycles. The first-order valence-corrected chi connectivity index (χ1v) is 10.6. The number of hydrogen-bond donors (Lipinski definition) is 1. The molecule has 0 radical (unpaired) electrons. The van der Waals surface area contributed by atoms with Crippen LogP contribution in [0.5, 0.6) is 0 Å². The molecular weight excluding hydrogens is 364 g/mol. The number of aryl methyl sites for hydroxylation is 1. The molecule has 7 heteroatoms. The summed E-state index contributed by atoms with van der Waals surface area (Å²) in [4.78, 5) is 13.5. The van der Waals surface area contributed by atoms with Gasteiger partial charge in [0.1, 0.15) is 0 Å². The highest BCUT2D eigenvalue weighted by atomic mass is 32.2. The standard InChI is InChI=1S/C19H20N4OS2/c1-2-13-5-3-6-14(11-13)20-17(24)12-26-19-22-21-18(16-7-4-10-25-16)23(19)15-8-9-15/h3-7,10-11,15H,2,8-9,12H2,1H3,(H,20,24). The lowest BCUT2D eigenvalue weighted by molar-refractivity contribution is -0.113. The Hall–Kier alpha value is -2.12. The van der Waals surface area contributed by atoms with Crippen LogP contribution < -0.4 is 5.32 Å². The van der Waals surface area contributed by atoms with Gasteiger partial charge in [-0.05, 0) is 48.4 Å². The maximum absolute atomic E-state index is 12.3. The van der Waals surface area contributed by atoms with E-state index in [0.717, 1.165) is 40.8 Å². The monoisotopic (exact) mass is 384 g/mol. The third kappa shape index (κ3) is 3.83. The quantitative estimate of drug-likeness (QED) is 0.603. The second-order valence-electron chi connectivity index (χ2n) is 6.28. The molecular formula is C19H20N4OS2. The van der Waals surface area contributed by atoms with Crippen LogP contribution in [-0.4, -0.2) is 26.4 Å². The molecule has 3 aromatic rings. The van der Waals surface area contributed by atoms with E-state index in [0.29, 0.717) is 11.8 Å². The first-order chi connectivity index (χ1) is 12.7. The maximum Gasteiger partial charge on any atom is 0.234 e. The predicted octanol–water partition coefficient (Wildman–Crippen LogP) is 4.63. The summed E-state index contributed by atoms with van der Waals surface area (Å²) in [7, 11) is 0. The van der Waals surface area contributed by atoms with Crippen LogP contribution in [0, 0.1) is 0 Å². The third-order valence-electron chi connectivity index (χ3n) is 4.27. The zero-order chi connectivity index (χ0) is 17.9. The van der Waals surface area contributed by atoms with E-state index in [-0.39, 0.29) is 5.91 Å². The average molecular weight is 385 g/mol. The van der Waals surface area contributed by atoms with Gasteiger partial charge in [-0.3, -0.25) is 9.36 Å². The van der Waals surface area contributed by atoms with Crippen molar-refractivity contribution in [2.75, 3.05) is 11.1 Å². The average Bonchev–Trinajstić information content (AvgIpc) is 3.18. The van der Waals surface area contributed by atoms with E-state index in [1.165, 1.54) is 17.3 Å². The van der Waals surface area contributed by atoms with Crippen LogP contribution in [0.2, 0.25) is 0 Å². The summed E-state index contributed by atoms with van der Waals surface area (Å²) >= 11 is 3.12. The summed E-state index contributed by atoms with van der Waals surface area (Å²) in [6, 6.07) is 12.5. The lowest BCUT2D eigenvalue weighted by Crippen LogP contribution is -2.14. The molecule has 5 nitrogen and oxygen atoms in total. The van der Waals surface area contributed by atoms with E-state index in [1.54, 1.807) is 11.3 Å². The third-order valence-corrected chi connectivity index (χ3v) is 6.08. The Kier molecular flexibility index (Phi) is 5.08. The number of carbonyl (C=O) groups excluding carboxylic acids is 1. The number of amides is 1. The zero-order valence-corrected chi connectivity index (χ0v) is 16.1. The van der Waals surface area contributed by atoms with Crippen LogP contribution in [0.4, 0.5) is 5.69 Å². The minimum absolute atomic E-state index is 0.0220. The van der Waals surface area contributed by atoms with Gasteiger partial charge in [0.2, 0.25) is 5.91 Å². The Morgan fingerprint density at radius 3 is 2.92 bits per heavy atom. The van der Waals surface area contributed by atoms with Gasteiger partial charge in [-0.1, -0.05) is 36.9 Å². The Morgan fingerprint density at radius 1 is 1.31 bits per heavy atom. The van der Waals surface area contributed by atoms with Crippen LogP contribution in [0.3, 0.4) is 0 Å². The molecule has 1 aromatic carbocycles. The number of nitrogens with one attached hydrogen (secondary N) is 1. The maximum atomic E-state index is 12.3. The van der Waals surface area contributed by atoms with Crippen LogP contribution in [-0.2, 0) is 11.2 Å². The number of anilines is 1. The lowest BCUT2D eigenvalue weighted by Gasteiger charge is -2.08. The van der Waals surface area contributed by atoms with E-state index in [4.69, 9.17) is 0 Å². The molecule has 0 spiro atoms. The van der Waals surface area contributed by atoms with Crippen LogP contribution in [0.15, 0.2) is 46.9 Å². The van der Waals surface area contributed by atoms with Gasteiger partial charge in [-0.15, -0.1) is 21.5 Å². The molecule has 4 rings (SSSR count). The largest absolute Gasteiger partial charge is 0.325 e. The molecule has 134 valence electrons. The molecule has 0 saturated heterocycles. The molecule has 1 aliphatic carbocycles. The van der Waals surface area contributed by atoms with Gasteiger partial charge in [0.15, 0.2) is 11.0 Å². The van der Waals surface area contributed by atoms with Crippen molar-refractivity contribution in [1.29, 1.82) is 0 Å². The van der Waals surface area contributed by atoms with Gasteiger partial charge in [0.05, 0.1) is 10.6 Å². The molecule has 26 heavy (non-hydrogen) atoms. The minimum atomic E-state index is -0.0220. The van der Waals surface area contributed by atoms with Gasteiger partial charge >= 0.3 is 0 Å². The number of carbonyl (C=O) groups is 1. The molecule has 0 aliphatic heterocycles. The second-order valence-corrected chi connectivity index (χ2v) is 8.17. The predicted molar refractivity (Wildman–Crippen MR) is 107 cm³/mol. The second kappa shape index (κ2) is 7.63. The summed E-state index contributed by atoms with van der Waals surface area (Å²) in [5, 5.41) is 14.6. The summed E-state index contributed by atoms with van der Waals surface area (Å²) in [5.74, 6) is 1.22. The van der Waals surface area contributed by atoms with Crippen LogP contribution in [0.1, 0.15) is 31.4 Å². The molecule has 1 fully saturated rings. The fourth-order valence-corrected chi connectivity index (χ4v) is 4.32. The smallest absolute Gasteiger partial charge is 0.234 e. The Morgan fingerprint density at radius 2 is 2.19 bits per heavy atom. The van der Waals surface area contributed by atoms with Crippen molar-refractivity contribution < 1.29 is 4.79 Å². The molecule has 0 atom stereocenters. The Bertz CT molecular complexity index is 900. The van der Waals surface area contributed by atoms with E-state index in [9.17, 15) is 4.79 Å². The minimum Gasteiger partial charge on any atom is -0.325 e. The van der Waals surface area contributed by atoms with E-state index in [2.05, 4.69) is 39.1 Å². The lowest BCUT2D eigenvalue weighted by atomic mass is 10.1. The van der Waals surface area contributed by atoms with Crippen molar-refractivity contribution in [1.82, 2.24) is 14.8 Å². The van der Waals surface area contributed by atoms with Crippen molar-refractivity contribution >= 4 is 34.7 Å². The number of thiophene rings is 1. The fourth-order valence-electron chi connectivity index (χ4n) is 2.81. The van der Waals surface area contributed by atoms with Gasteiger partial charge in [0, 0.05) is 11.7 Å². The van der Waals surface area contributed by atoms with Crippen molar-refractivity contribution in [2.24, 2.45) is 0 Å². The van der Waals surface area contributed by atoms with E-state index >= 15 is 0 Å². The molecule has 2 aromatic heterocycles. The van der Waals surface area contributed by atoms with Crippen molar-refractivity contribution in [3.05, 3.63) is 47.3 Å². The molecule has 0 bridgehead atoms. The summed E-state index contributed by atoms with van der Waals surface area (Å²) in [6.45, 7) is 2.10. The summed E-state index contributed by atoms with van der Waals surface area (Å²) in [6.07, 6.45) is 3.26. The number of benzene rings is 1. The highest BCUT2D eigenvalue weighted by Gasteiger charge is 2.30. The number of hydrogen-bond acceptors (Lipinski definition) is 5. The van der Waals surface area contributed by atoms with Crippen molar-refractivity contribution in [3.8, 4) is 10.7 Å². The highest BCUT2D eigenvalue weighted by Crippen LogP contribution is 2.41. The SMILES string of the molecule is CCc1cccc(NC(=O)CSc2nnc(-c3cccs3)n2C2CC2)c1. The van der Waals surface area contributed by atoms with Crippen molar-refractivity contribution in [2.45, 2.75) is 37.4 Å². The topological polar surface area (TPSA) is 59.8 Å². The normalized spacial score (nSPS) is 13.7. The fraction of sp³-hybridized carbons (Fsp3) is 0.316. The van der Waals surface area contributed by atoms with Crippen LogP contribution in [0.25, 0.3) is 10.7 Å². The molecule has 1 saturated carbocycles. The summed E-state index contributed by atoms with van der Waals surface area (Å²) in [5.41, 5.74) is 2.06. The molecule has 1 amide bonds. The number of aromatic nitrogens is 3. The van der Waals surface area contributed by atoms with Gasteiger partial charge in [0.25, 0.3) is 0 Å². The molecule has 1 N–H and O–H groups in total. The van der Waals surface area contributed by atoms with E-state index < -0.39 is 0 Å². The Labute approximate surface area is 160 Å². The van der Waals surface area contributed by atoms with Crippen molar-refractivity contribution in [3.63, 3.8) is 0 Å². The Balaban J connectivity index is 1.44. The number of nitrogens with zero attached hydrogens (tertiary/aromatic N) is 3. The summed E-state index contributed by atoms with van der Waals surface area (Å²) < 4.78 is 2.20. The molecule has 0 unspecified atom stereocenters. The van der Waals surface area contributed by atoms with Gasteiger partial charge in [-0.25, -0.2) is 0 Å². The van der Waals surface area contributed by atoms with Gasteiger partial charge < -0.3 is 5.32 Å².